The summed E-state index contributed by atoms with van der Waals surface area (Å²) < 4.78 is 23.1. The van der Waals surface area contributed by atoms with Crippen molar-refractivity contribution in [2.75, 3.05) is 26.4 Å². The quantitative estimate of drug-likeness (QED) is 0.239. The van der Waals surface area contributed by atoms with E-state index in [2.05, 4.69) is 61.5 Å². The van der Waals surface area contributed by atoms with Gasteiger partial charge in [-0.25, -0.2) is 4.79 Å². The second kappa shape index (κ2) is 12.5. The van der Waals surface area contributed by atoms with Crippen molar-refractivity contribution in [1.29, 1.82) is 0 Å². The molecule has 1 aliphatic rings. The molecule has 5 heteroatoms. The molecule has 0 saturated heterocycles. The summed E-state index contributed by atoms with van der Waals surface area (Å²) in [4.78, 5) is 12.1. The van der Waals surface area contributed by atoms with Crippen molar-refractivity contribution in [3.63, 3.8) is 0 Å². The van der Waals surface area contributed by atoms with Gasteiger partial charge >= 0.3 is 5.97 Å². The molecule has 0 amide bonds. The van der Waals surface area contributed by atoms with Crippen molar-refractivity contribution in [3.05, 3.63) is 100 Å². The molecule has 36 heavy (non-hydrogen) atoms. The van der Waals surface area contributed by atoms with E-state index < -0.39 is 6.10 Å². The lowest BCUT2D eigenvalue weighted by atomic mass is 9.95. The fourth-order valence-corrected chi connectivity index (χ4v) is 4.41. The molecule has 0 N–H and O–H groups in total. The molecule has 0 saturated carbocycles. The Morgan fingerprint density at radius 1 is 0.861 bits per heavy atom. The van der Waals surface area contributed by atoms with Gasteiger partial charge in [-0.2, -0.15) is 0 Å². The zero-order valence-corrected chi connectivity index (χ0v) is 21.2. The highest BCUT2D eigenvalue weighted by molar-refractivity contribution is 5.76. The van der Waals surface area contributed by atoms with E-state index in [1.165, 1.54) is 22.3 Å². The normalized spacial score (nSPS) is 14.9. The predicted molar refractivity (Wildman–Crippen MR) is 142 cm³/mol. The first-order valence-electron chi connectivity index (χ1n) is 12.6. The van der Waals surface area contributed by atoms with E-state index in [4.69, 9.17) is 18.9 Å². The van der Waals surface area contributed by atoms with E-state index in [9.17, 15) is 4.79 Å². The maximum Gasteiger partial charge on any atom is 0.335 e. The monoisotopic (exact) mass is 486 g/mol. The molecular formula is C31H34O5. The lowest BCUT2D eigenvalue weighted by Crippen LogP contribution is -2.28. The van der Waals surface area contributed by atoms with Crippen LogP contribution in [-0.2, 0) is 25.4 Å². The van der Waals surface area contributed by atoms with Crippen LogP contribution in [0.5, 0.6) is 5.75 Å². The number of rotatable bonds is 11. The van der Waals surface area contributed by atoms with Crippen LogP contribution in [0.3, 0.4) is 0 Å². The summed E-state index contributed by atoms with van der Waals surface area (Å²) in [5, 5.41) is 0. The van der Waals surface area contributed by atoms with Gasteiger partial charge in [0.2, 0.25) is 0 Å². The van der Waals surface area contributed by atoms with Gasteiger partial charge in [0.15, 0.2) is 6.10 Å². The van der Waals surface area contributed by atoms with Crippen LogP contribution < -0.4 is 4.74 Å². The van der Waals surface area contributed by atoms with Gasteiger partial charge in [0.25, 0.3) is 0 Å². The summed E-state index contributed by atoms with van der Waals surface area (Å²) >= 11 is 0. The zero-order valence-electron chi connectivity index (χ0n) is 21.2. The number of carbonyl (C=O) groups excluding carboxylic acids is 1. The minimum absolute atomic E-state index is 0.157. The Kier molecular flexibility index (Phi) is 8.93. The lowest BCUT2D eigenvalue weighted by Gasteiger charge is -2.21. The summed E-state index contributed by atoms with van der Waals surface area (Å²) in [5.41, 5.74) is 6.87. The third kappa shape index (κ3) is 6.42. The van der Waals surface area contributed by atoms with E-state index in [0.717, 1.165) is 16.9 Å². The average molecular weight is 487 g/mol. The van der Waals surface area contributed by atoms with Gasteiger partial charge in [0.1, 0.15) is 18.5 Å². The zero-order chi connectivity index (χ0) is 25.3. The lowest BCUT2D eigenvalue weighted by molar-refractivity contribution is -0.156. The average Bonchev–Trinajstić information content (AvgIpc) is 3.04. The molecule has 3 aromatic carbocycles. The van der Waals surface area contributed by atoms with Crippen LogP contribution in [0.4, 0.5) is 0 Å². The molecule has 0 heterocycles. The highest BCUT2D eigenvalue weighted by Gasteiger charge is 2.23. The van der Waals surface area contributed by atoms with E-state index in [1.54, 1.807) is 6.92 Å². The third-order valence-electron chi connectivity index (χ3n) is 6.14. The number of aryl methyl sites for hydroxylation is 1. The molecule has 0 fully saturated rings. The minimum atomic E-state index is -0.599. The molecule has 2 atom stereocenters. The summed E-state index contributed by atoms with van der Waals surface area (Å²) in [6, 6.07) is 22.6. The summed E-state index contributed by atoms with van der Waals surface area (Å²) in [7, 11) is 0. The van der Waals surface area contributed by atoms with Crippen LogP contribution in [0.1, 0.15) is 53.3 Å². The van der Waals surface area contributed by atoms with Gasteiger partial charge in [-0.1, -0.05) is 72.3 Å². The minimum Gasteiger partial charge on any atom is -0.491 e. The first-order valence-corrected chi connectivity index (χ1v) is 12.6. The third-order valence-corrected chi connectivity index (χ3v) is 6.14. The van der Waals surface area contributed by atoms with E-state index >= 15 is 0 Å². The van der Waals surface area contributed by atoms with Crippen LogP contribution in [0, 0.1) is 6.92 Å². The molecule has 0 radical (unpaired) electrons. The fourth-order valence-electron chi connectivity index (χ4n) is 4.41. The Hall–Kier alpha value is -3.41. The molecule has 5 nitrogen and oxygen atoms in total. The van der Waals surface area contributed by atoms with Gasteiger partial charge in [0, 0.05) is 13.0 Å². The molecule has 0 spiro atoms. The maximum absolute atomic E-state index is 12.1. The standard InChI is InChI=1S/C31H34O5/c1-4-33-29(31(32)34-5-2)21-23-11-16-26(17-12-23)35-18-19-36-30-27-9-7-6-8-24(27)14-15-25-13-10-22(3)20-28(25)30/h6-17,20,29-30H,4-5,18-19,21H2,1-3H3. The molecule has 0 bridgehead atoms. The first-order chi connectivity index (χ1) is 17.6. The Labute approximate surface area is 213 Å². The van der Waals surface area contributed by atoms with Gasteiger partial charge in [-0.15, -0.1) is 0 Å². The van der Waals surface area contributed by atoms with Crippen molar-refractivity contribution in [3.8, 4) is 5.75 Å². The molecule has 1 aliphatic carbocycles. The van der Waals surface area contributed by atoms with Crippen molar-refractivity contribution in [2.45, 2.75) is 39.4 Å². The van der Waals surface area contributed by atoms with Crippen LogP contribution >= 0.6 is 0 Å². The van der Waals surface area contributed by atoms with Crippen molar-refractivity contribution < 1.29 is 23.7 Å². The SMILES string of the molecule is CCOC(=O)C(Cc1ccc(OCCOC2c3ccccc3C=Cc3ccc(C)cc32)cc1)OCC. The first kappa shape index (κ1) is 25.7. The molecule has 3 aromatic rings. The van der Waals surface area contributed by atoms with Crippen LogP contribution in [-0.4, -0.2) is 38.5 Å². The number of carbonyl (C=O) groups is 1. The number of ether oxygens (including phenoxy) is 4. The Morgan fingerprint density at radius 3 is 2.36 bits per heavy atom. The molecule has 2 unspecified atom stereocenters. The summed E-state index contributed by atoms with van der Waals surface area (Å²) in [6.45, 7) is 7.44. The van der Waals surface area contributed by atoms with Gasteiger partial charge < -0.3 is 18.9 Å². The number of esters is 1. The van der Waals surface area contributed by atoms with Crippen molar-refractivity contribution >= 4 is 18.1 Å². The second-order valence-corrected chi connectivity index (χ2v) is 8.74. The van der Waals surface area contributed by atoms with Crippen LogP contribution in [0.25, 0.3) is 12.2 Å². The van der Waals surface area contributed by atoms with Crippen molar-refractivity contribution in [2.24, 2.45) is 0 Å². The highest BCUT2D eigenvalue weighted by atomic mass is 16.6. The van der Waals surface area contributed by atoms with Crippen molar-refractivity contribution in [1.82, 2.24) is 0 Å². The van der Waals surface area contributed by atoms with E-state index in [0.29, 0.717) is 32.8 Å². The second-order valence-electron chi connectivity index (χ2n) is 8.74. The molecule has 4 rings (SSSR count). The highest BCUT2D eigenvalue weighted by Crippen LogP contribution is 2.35. The number of fused-ring (bicyclic) bond motifs is 2. The molecular weight excluding hydrogens is 452 g/mol. The van der Waals surface area contributed by atoms with E-state index in [1.807, 2.05) is 31.2 Å². The summed E-state index contributed by atoms with van der Waals surface area (Å²) in [5.74, 6) is 0.425. The number of hydrogen-bond acceptors (Lipinski definition) is 5. The van der Waals surface area contributed by atoms with Gasteiger partial charge in [0.05, 0.1) is 13.2 Å². The van der Waals surface area contributed by atoms with Gasteiger partial charge in [-0.05, 0) is 60.7 Å². The largest absolute Gasteiger partial charge is 0.491 e. The Morgan fingerprint density at radius 2 is 1.61 bits per heavy atom. The van der Waals surface area contributed by atoms with Gasteiger partial charge in [-0.3, -0.25) is 0 Å². The maximum atomic E-state index is 12.1. The van der Waals surface area contributed by atoms with Crippen LogP contribution in [0.2, 0.25) is 0 Å². The predicted octanol–water partition coefficient (Wildman–Crippen LogP) is 6.17. The summed E-state index contributed by atoms with van der Waals surface area (Å²) in [6.07, 6.45) is 4.02. The number of hydrogen-bond donors (Lipinski definition) is 0. The Bertz CT molecular complexity index is 1180. The smallest absolute Gasteiger partial charge is 0.335 e. The molecule has 188 valence electrons. The van der Waals surface area contributed by atoms with E-state index in [-0.39, 0.29) is 12.1 Å². The molecule has 0 aromatic heterocycles. The topological polar surface area (TPSA) is 54.0 Å². The van der Waals surface area contributed by atoms with Crippen LogP contribution in [0.15, 0.2) is 66.7 Å². The fraction of sp³-hybridized carbons (Fsp3) is 0.323. The molecule has 0 aliphatic heterocycles. The number of benzene rings is 3. The Balaban J connectivity index is 1.36.